The second-order valence-electron chi connectivity index (χ2n) is 7.77. The summed E-state index contributed by atoms with van der Waals surface area (Å²) in [6.45, 7) is 7.39. The summed E-state index contributed by atoms with van der Waals surface area (Å²) >= 11 is 0. The summed E-state index contributed by atoms with van der Waals surface area (Å²) in [5, 5.41) is 2.78. The minimum absolute atomic E-state index is 0.172. The molecule has 2 rings (SSSR count). The van der Waals surface area contributed by atoms with Crippen LogP contribution in [0.4, 0.5) is 4.79 Å². The van der Waals surface area contributed by atoms with Crippen LogP contribution in [-0.2, 0) is 14.4 Å². The maximum Gasteiger partial charge on any atom is 0.325 e. The first-order valence-electron chi connectivity index (χ1n) is 8.25. The van der Waals surface area contributed by atoms with E-state index < -0.39 is 29.9 Å². The molecule has 0 radical (unpaired) electrons. The van der Waals surface area contributed by atoms with Crippen molar-refractivity contribution < 1.29 is 19.2 Å². The van der Waals surface area contributed by atoms with Gasteiger partial charge >= 0.3 is 6.03 Å². The molecule has 1 aliphatic heterocycles. The number of hydrogen-bond donors (Lipinski definition) is 3. The molecule has 8 heteroatoms. The molecule has 134 valence electrons. The van der Waals surface area contributed by atoms with Gasteiger partial charge in [-0.25, -0.2) is 4.79 Å². The topological polar surface area (TPSA) is 108 Å². The molecule has 24 heavy (non-hydrogen) atoms. The summed E-state index contributed by atoms with van der Waals surface area (Å²) in [5.74, 6) is -0.894. The van der Waals surface area contributed by atoms with Crippen LogP contribution in [0.1, 0.15) is 53.4 Å². The number of amides is 5. The van der Waals surface area contributed by atoms with E-state index in [2.05, 4.69) is 36.9 Å². The van der Waals surface area contributed by atoms with Gasteiger partial charge in [0, 0.05) is 6.92 Å². The minimum atomic E-state index is -0.882. The molecule has 2 aliphatic rings. The van der Waals surface area contributed by atoms with Gasteiger partial charge in [0.15, 0.2) is 0 Å². The van der Waals surface area contributed by atoms with Crippen LogP contribution in [0, 0.1) is 11.3 Å². The summed E-state index contributed by atoms with van der Waals surface area (Å²) in [6.07, 6.45) is 2.90. The van der Waals surface area contributed by atoms with Gasteiger partial charge in [0.1, 0.15) is 12.1 Å². The highest BCUT2D eigenvalue weighted by Gasteiger charge is 2.53. The van der Waals surface area contributed by atoms with Crippen LogP contribution in [0.25, 0.3) is 0 Å². The average molecular weight is 338 g/mol. The predicted molar refractivity (Wildman–Crippen MR) is 86.3 cm³/mol. The molecule has 5 amide bonds. The molecule has 0 atom stereocenters. The normalized spacial score (nSPS) is 27.2. The Labute approximate surface area is 141 Å². The van der Waals surface area contributed by atoms with Gasteiger partial charge < -0.3 is 5.32 Å². The van der Waals surface area contributed by atoms with Crippen LogP contribution in [0.3, 0.4) is 0 Å². The first kappa shape index (κ1) is 18.2. The number of carbonyl (C=O) groups excluding carboxylic acids is 4. The minimum Gasteiger partial charge on any atom is -0.323 e. The number of nitrogens with one attached hydrogen (secondary N) is 3. The van der Waals surface area contributed by atoms with Gasteiger partial charge in [-0.15, -0.1) is 0 Å². The molecule has 1 aliphatic carbocycles. The standard InChI is InChI=1S/C16H26N4O4/c1-10(21)18-19-12(22)9-20-13(23)16(17-14(20)24)7-5-11(6-8-16)15(2,3)4/h11H,5-9H2,1-4H3,(H,17,24)(H,18,21)(H,19,22). The highest BCUT2D eigenvalue weighted by atomic mass is 16.2. The third-order valence-corrected chi connectivity index (χ3v) is 4.99. The number of rotatable bonds is 2. The molecular formula is C16H26N4O4. The van der Waals surface area contributed by atoms with Crippen LogP contribution in [0.5, 0.6) is 0 Å². The molecule has 1 heterocycles. The third-order valence-electron chi connectivity index (χ3n) is 4.99. The first-order chi connectivity index (χ1) is 11.0. The fraction of sp³-hybridized carbons (Fsp3) is 0.750. The molecule has 1 saturated carbocycles. The van der Waals surface area contributed by atoms with Crippen LogP contribution >= 0.6 is 0 Å². The number of carbonyl (C=O) groups is 4. The molecule has 1 spiro atoms. The first-order valence-corrected chi connectivity index (χ1v) is 8.25. The van der Waals surface area contributed by atoms with Gasteiger partial charge in [-0.3, -0.25) is 30.1 Å². The molecular weight excluding hydrogens is 312 g/mol. The number of imide groups is 1. The van der Waals surface area contributed by atoms with Crippen molar-refractivity contribution in [1.29, 1.82) is 0 Å². The Kier molecular flexibility index (Phi) is 4.87. The Hall–Kier alpha value is -2.12. The van der Waals surface area contributed by atoms with Gasteiger partial charge in [-0.1, -0.05) is 20.8 Å². The Balaban J connectivity index is 1.99. The van der Waals surface area contributed by atoms with Gasteiger partial charge in [-0.2, -0.15) is 0 Å². The molecule has 0 aromatic heterocycles. The van der Waals surface area contributed by atoms with Crippen molar-refractivity contribution in [3.05, 3.63) is 0 Å². The van der Waals surface area contributed by atoms with Crippen molar-refractivity contribution in [3.8, 4) is 0 Å². The lowest BCUT2D eigenvalue weighted by Gasteiger charge is -2.40. The van der Waals surface area contributed by atoms with Crippen molar-refractivity contribution >= 4 is 23.8 Å². The Morgan fingerprint density at radius 3 is 2.29 bits per heavy atom. The van der Waals surface area contributed by atoms with E-state index in [0.29, 0.717) is 18.8 Å². The highest BCUT2D eigenvalue weighted by molar-refractivity contribution is 6.09. The summed E-state index contributed by atoms with van der Waals surface area (Å²) in [7, 11) is 0. The van der Waals surface area contributed by atoms with Crippen molar-refractivity contribution in [2.75, 3.05) is 6.54 Å². The van der Waals surface area contributed by atoms with Crippen molar-refractivity contribution in [1.82, 2.24) is 21.1 Å². The van der Waals surface area contributed by atoms with E-state index >= 15 is 0 Å². The lowest BCUT2D eigenvalue weighted by molar-refractivity contribution is -0.137. The van der Waals surface area contributed by atoms with E-state index in [4.69, 9.17) is 0 Å². The van der Waals surface area contributed by atoms with Crippen molar-refractivity contribution in [3.63, 3.8) is 0 Å². The van der Waals surface area contributed by atoms with Gasteiger partial charge in [0.2, 0.25) is 5.91 Å². The van der Waals surface area contributed by atoms with E-state index in [1.54, 1.807) is 0 Å². The molecule has 0 unspecified atom stereocenters. The van der Waals surface area contributed by atoms with Crippen LogP contribution < -0.4 is 16.2 Å². The Bertz CT molecular complexity index is 559. The monoisotopic (exact) mass is 338 g/mol. The highest BCUT2D eigenvalue weighted by Crippen LogP contribution is 2.43. The lowest BCUT2D eigenvalue weighted by Crippen LogP contribution is -2.51. The van der Waals surface area contributed by atoms with Gasteiger partial charge in [0.05, 0.1) is 0 Å². The van der Waals surface area contributed by atoms with Gasteiger partial charge in [-0.05, 0) is 37.0 Å². The van der Waals surface area contributed by atoms with E-state index in [-0.39, 0.29) is 11.3 Å². The summed E-state index contributed by atoms with van der Waals surface area (Å²) in [5.41, 5.74) is 3.58. The average Bonchev–Trinajstić information content (AvgIpc) is 2.69. The zero-order valence-electron chi connectivity index (χ0n) is 14.7. The zero-order chi connectivity index (χ0) is 18.1. The fourth-order valence-electron chi connectivity index (χ4n) is 3.48. The van der Waals surface area contributed by atoms with E-state index in [1.807, 2.05) is 0 Å². The maximum atomic E-state index is 12.7. The summed E-state index contributed by atoms with van der Waals surface area (Å²) in [6, 6.07) is -0.549. The zero-order valence-corrected chi connectivity index (χ0v) is 14.7. The molecule has 8 nitrogen and oxygen atoms in total. The number of urea groups is 1. The van der Waals surface area contributed by atoms with E-state index in [0.717, 1.165) is 17.7 Å². The number of hydrazine groups is 1. The van der Waals surface area contributed by atoms with E-state index in [1.165, 1.54) is 6.92 Å². The van der Waals surface area contributed by atoms with Crippen LogP contribution in [0.15, 0.2) is 0 Å². The molecule has 0 bridgehead atoms. The Morgan fingerprint density at radius 1 is 1.21 bits per heavy atom. The molecule has 1 saturated heterocycles. The second kappa shape index (κ2) is 6.41. The molecule has 3 N–H and O–H groups in total. The van der Waals surface area contributed by atoms with Crippen molar-refractivity contribution in [2.24, 2.45) is 11.3 Å². The van der Waals surface area contributed by atoms with Crippen molar-refractivity contribution in [2.45, 2.75) is 58.9 Å². The van der Waals surface area contributed by atoms with Crippen LogP contribution in [-0.4, -0.2) is 40.7 Å². The molecule has 2 fully saturated rings. The summed E-state index contributed by atoms with van der Waals surface area (Å²) < 4.78 is 0. The second-order valence-corrected chi connectivity index (χ2v) is 7.77. The van der Waals surface area contributed by atoms with Gasteiger partial charge in [0.25, 0.3) is 11.8 Å². The van der Waals surface area contributed by atoms with E-state index in [9.17, 15) is 19.2 Å². The van der Waals surface area contributed by atoms with Crippen LogP contribution in [0.2, 0.25) is 0 Å². The summed E-state index contributed by atoms with van der Waals surface area (Å²) in [4.78, 5) is 48.3. The maximum absolute atomic E-state index is 12.7. The number of hydrogen-bond acceptors (Lipinski definition) is 4. The Morgan fingerprint density at radius 2 is 1.79 bits per heavy atom. The third kappa shape index (κ3) is 3.68. The lowest BCUT2D eigenvalue weighted by atomic mass is 9.67. The SMILES string of the molecule is CC(=O)NNC(=O)CN1C(=O)NC2(CCC(C(C)(C)C)CC2)C1=O. The predicted octanol–water partition coefficient (Wildman–Crippen LogP) is 0.681. The largest absolute Gasteiger partial charge is 0.325 e. The molecule has 0 aromatic carbocycles. The number of nitrogens with zero attached hydrogens (tertiary/aromatic N) is 1. The fourth-order valence-corrected chi connectivity index (χ4v) is 3.48. The smallest absolute Gasteiger partial charge is 0.323 e. The quantitative estimate of drug-likeness (QED) is 0.508. The molecule has 0 aromatic rings.